The summed E-state index contributed by atoms with van der Waals surface area (Å²) in [6.45, 7) is 0.135. The average Bonchev–Trinajstić information content (AvgIpc) is 3.02. The van der Waals surface area contributed by atoms with Crippen LogP contribution in [0.1, 0.15) is 5.56 Å². The predicted octanol–water partition coefficient (Wildman–Crippen LogP) is 5.03. The molecule has 0 atom stereocenters. The van der Waals surface area contributed by atoms with Crippen LogP contribution in [0.5, 0.6) is 11.5 Å². The van der Waals surface area contributed by atoms with Gasteiger partial charge in [0.25, 0.3) is 5.91 Å². The van der Waals surface area contributed by atoms with Gasteiger partial charge in [-0.25, -0.2) is 0 Å². The Balaban J connectivity index is 1.88. The summed E-state index contributed by atoms with van der Waals surface area (Å²) in [6, 6.07) is 9.95. The third-order valence-electron chi connectivity index (χ3n) is 3.34. The predicted molar refractivity (Wildman–Crippen MR) is 98.9 cm³/mol. The topological polar surface area (TPSA) is 71.3 Å². The van der Waals surface area contributed by atoms with E-state index in [2.05, 4.69) is 21.2 Å². The quantitative estimate of drug-likeness (QED) is 0.537. The number of anilines is 1. The molecule has 0 fully saturated rings. The molecule has 8 heteroatoms. The fraction of sp³-hybridized carbons (Fsp3) is 0.0588. The number of amides is 1. The zero-order chi connectivity index (χ0) is 18.0. The highest BCUT2D eigenvalue weighted by molar-refractivity contribution is 9.10. The van der Waals surface area contributed by atoms with Gasteiger partial charge in [0, 0.05) is 9.50 Å². The number of nitrogens with zero attached hydrogens (tertiary/aromatic N) is 1. The monoisotopic (exact) mass is 438 g/mol. The van der Waals surface area contributed by atoms with E-state index in [9.17, 15) is 10.1 Å². The molecule has 126 valence electrons. The minimum absolute atomic E-state index is 0.0921. The van der Waals surface area contributed by atoms with Crippen molar-refractivity contribution >= 4 is 56.8 Å². The van der Waals surface area contributed by atoms with Gasteiger partial charge >= 0.3 is 0 Å². The SMILES string of the molecule is N#C/C(=C\c1cc2c(cc1Br)OCO2)C(=O)Nc1ccc(Cl)cc1Cl. The van der Waals surface area contributed by atoms with Crippen molar-refractivity contribution in [2.75, 3.05) is 12.1 Å². The molecule has 0 radical (unpaired) electrons. The number of hydrogen-bond acceptors (Lipinski definition) is 4. The van der Waals surface area contributed by atoms with Crippen LogP contribution in [-0.4, -0.2) is 12.7 Å². The van der Waals surface area contributed by atoms with Crippen LogP contribution in [0.3, 0.4) is 0 Å². The van der Waals surface area contributed by atoms with Crippen LogP contribution in [0.2, 0.25) is 10.0 Å². The molecule has 0 saturated heterocycles. The van der Waals surface area contributed by atoms with Gasteiger partial charge in [-0.3, -0.25) is 4.79 Å². The number of halogens is 3. The normalized spacial score (nSPS) is 12.6. The fourth-order valence-electron chi connectivity index (χ4n) is 2.13. The largest absolute Gasteiger partial charge is 0.454 e. The highest BCUT2D eigenvalue weighted by Crippen LogP contribution is 2.37. The van der Waals surface area contributed by atoms with Crippen molar-refractivity contribution < 1.29 is 14.3 Å². The highest BCUT2D eigenvalue weighted by Gasteiger charge is 2.17. The summed E-state index contributed by atoms with van der Waals surface area (Å²) in [5.41, 5.74) is 0.880. The molecular formula is C17H9BrCl2N2O3. The third-order valence-corrected chi connectivity index (χ3v) is 4.57. The second-order valence-electron chi connectivity index (χ2n) is 4.98. The van der Waals surface area contributed by atoms with Gasteiger partial charge in [0.15, 0.2) is 11.5 Å². The van der Waals surface area contributed by atoms with Crippen molar-refractivity contribution in [1.29, 1.82) is 5.26 Å². The van der Waals surface area contributed by atoms with Crippen LogP contribution in [0.15, 0.2) is 40.4 Å². The number of carbonyl (C=O) groups excluding carboxylic acids is 1. The Kier molecular flexibility index (Phi) is 5.19. The maximum Gasteiger partial charge on any atom is 0.266 e. The molecule has 0 aromatic heterocycles. The van der Waals surface area contributed by atoms with Crippen molar-refractivity contribution in [2.45, 2.75) is 0 Å². The molecule has 1 aliphatic heterocycles. The average molecular weight is 440 g/mol. The number of nitrogens with one attached hydrogen (secondary N) is 1. The standard InChI is InChI=1S/C17H9BrCl2N2O3/c18-12-6-16-15(24-8-25-16)4-9(12)3-10(7-21)17(23)22-14-2-1-11(19)5-13(14)20/h1-6H,8H2,(H,22,23)/b10-3+. The number of benzene rings is 2. The van der Waals surface area contributed by atoms with E-state index in [4.69, 9.17) is 32.7 Å². The van der Waals surface area contributed by atoms with Crippen LogP contribution < -0.4 is 14.8 Å². The van der Waals surface area contributed by atoms with Gasteiger partial charge in [0.1, 0.15) is 11.6 Å². The Morgan fingerprint density at radius 2 is 1.96 bits per heavy atom. The summed E-state index contributed by atoms with van der Waals surface area (Å²) in [5, 5.41) is 12.6. The maximum atomic E-state index is 12.4. The van der Waals surface area contributed by atoms with Crippen LogP contribution in [0.4, 0.5) is 5.69 Å². The van der Waals surface area contributed by atoms with Gasteiger partial charge < -0.3 is 14.8 Å². The van der Waals surface area contributed by atoms with Gasteiger partial charge in [-0.15, -0.1) is 0 Å². The molecular weight excluding hydrogens is 431 g/mol. The van der Waals surface area contributed by atoms with Gasteiger partial charge in [0.05, 0.1) is 10.7 Å². The van der Waals surface area contributed by atoms with Crippen LogP contribution in [0, 0.1) is 11.3 Å². The van der Waals surface area contributed by atoms with Crippen LogP contribution in [-0.2, 0) is 4.79 Å². The molecule has 2 aromatic carbocycles. The first-order valence-electron chi connectivity index (χ1n) is 6.95. The lowest BCUT2D eigenvalue weighted by Crippen LogP contribution is -2.13. The van der Waals surface area contributed by atoms with Gasteiger partial charge in [-0.1, -0.05) is 39.1 Å². The first kappa shape index (κ1) is 17.6. The zero-order valence-electron chi connectivity index (χ0n) is 12.5. The maximum absolute atomic E-state index is 12.4. The highest BCUT2D eigenvalue weighted by atomic mass is 79.9. The number of rotatable bonds is 3. The fourth-order valence-corrected chi connectivity index (χ4v) is 3.02. The summed E-state index contributed by atoms with van der Waals surface area (Å²) in [6.07, 6.45) is 1.45. The summed E-state index contributed by atoms with van der Waals surface area (Å²) in [5.74, 6) is 0.559. The number of ether oxygens (including phenoxy) is 2. The van der Waals surface area contributed by atoms with E-state index in [-0.39, 0.29) is 17.4 Å². The molecule has 0 unspecified atom stereocenters. The Morgan fingerprint density at radius 1 is 1.24 bits per heavy atom. The van der Waals surface area contributed by atoms with Gasteiger partial charge in [-0.2, -0.15) is 5.26 Å². The van der Waals surface area contributed by atoms with Crippen molar-refractivity contribution in [3.8, 4) is 17.6 Å². The molecule has 1 N–H and O–H groups in total. The van der Waals surface area contributed by atoms with E-state index in [0.717, 1.165) is 0 Å². The lowest BCUT2D eigenvalue weighted by Gasteiger charge is -2.07. The van der Waals surface area contributed by atoms with Crippen molar-refractivity contribution in [1.82, 2.24) is 0 Å². The summed E-state index contributed by atoms with van der Waals surface area (Å²) >= 11 is 15.2. The molecule has 3 rings (SSSR count). The smallest absolute Gasteiger partial charge is 0.266 e. The lowest BCUT2D eigenvalue weighted by molar-refractivity contribution is -0.112. The summed E-state index contributed by atoms with van der Waals surface area (Å²) in [7, 11) is 0. The molecule has 1 aliphatic rings. The second-order valence-corrected chi connectivity index (χ2v) is 6.67. The number of hydrogen-bond donors (Lipinski definition) is 1. The minimum Gasteiger partial charge on any atom is -0.454 e. The third kappa shape index (κ3) is 3.90. The Labute approximate surface area is 161 Å². The van der Waals surface area contributed by atoms with E-state index in [1.807, 2.05) is 6.07 Å². The molecule has 1 amide bonds. The molecule has 2 aromatic rings. The second kappa shape index (κ2) is 7.36. The number of fused-ring (bicyclic) bond motifs is 1. The lowest BCUT2D eigenvalue weighted by atomic mass is 10.1. The Hall–Kier alpha value is -2.20. The van der Waals surface area contributed by atoms with Crippen molar-refractivity contribution in [3.05, 3.63) is 56.0 Å². The zero-order valence-corrected chi connectivity index (χ0v) is 15.6. The Morgan fingerprint density at radius 3 is 2.64 bits per heavy atom. The number of nitriles is 1. The molecule has 0 aliphatic carbocycles. The van der Waals surface area contributed by atoms with Crippen LogP contribution >= 0.6 is 39.1 Å². The van der Waals surface area contributed by atoms with E-state index < -0.39 is 5.91 Å². The van der Waals surface area contributed by atoms with Gasteiger partial charge in [-0.05, 0) is 42.0 Å². The van der Waals surface area contributed by atoms with E-state index in [1.54, 1.807) is 24.3 Å². The van der Waals surface area contributed by atoms with Crippen molar-refractivity contribution in [2.24, 2.45) is 0 Å². The molecule has 0 bridgehead atoms. The summed E-state index contributed by atoms with van der Waals surface area (Å²) in [4.78, 5) is 12.4. The molecule has 0 saturated carbocycles. The minimum atomic E-state index is -0.587. The van der Waals surface area contributed by atoms with E-state index >= 15 is 0 Å². The first-order valence-corrected chi connectivity index (χ1v) is 8.50. The van der Waals surface area contributed by atoms with Crippen molar-refractivity contribution in [3.63, 3.8) is 0 Å². The molecule has 25 heavy (non-hydrogen) atoms. The summed E-state index contributed by atoms with van der Waals surface area (Å²) < 4.78 is 11.2. The van der Waals surface area contributed by atoms with Crippen LogP contribution in [0.25, 0.3) is 6.08 Å². The molecule has 5 nitrogen and oxygen atoms in total. The first-order chi connectivity index (χ1) is 12.0. The van der Waals surface area contributed by atoms with E-state index in [0.29, 0.717) is 32.2 Å². The number of carbonyl (C=O) groups is 1. The molecule has 0 spiro atoms. The van der Waals surface area contributed by atoms with E-state index in [1.165, 1.54) is 12.1 Å². The van der Waals surface area contributed by atoms with Gasteiger partial charge in [0.2, 0.25) is 6.79 Å². The molecule has 1 heterocycles. The Bertz CT molecular complexity index is 938.